The van der Waals surface area contributed by atoms with Crippen LogP contribution in [-0.2, 0) is 11.2 Å². The van der Waals surface area contributed by atoms with Crippen molar-refractivity contribution >= 4 is 5.97 Å². The van der Waals surface area contributed by atoms with Crippen molar-refractivity contribution in [3.8, 4) is 0 Å². The van der Waals surface area contributed by atoms with Gasteiger partial charge in [0.15, 0.2) is 0 Å². The number of nitrogens with zero attached hydrogens (tertiary/aromatic N) is 2. The Morgan fingerprint density at radius 2 is 2.42 bits per heavy atom. The van der Waals surface area contributed by atoms with Gasteiger partial charge in [0.25, 0.3) is 0 Å². The van der Waals surface area contributed by atoms with Crippen molar-refractivity contribution in [3.05, 3.63) is 18.0 Å². The number of hydrogen-bond acceptors (Lipinski definition) is 2. The van der Waals surface area contributed by atoms with E-state index in [9.17, 15) is 4.79 Å². The van der Waals surface area contributed by atoms with Crippen LogP contribution in [0.3, 0.4) is 0 Å². The van der Waals surface area contributed by atoms with Crippen LogP contribution in [0.4, 0.5) is 0 Å². The van der Waals surface area contributed by atoms with Gasteiger partial charge in [-0.25, -0.2) is 0 Å². The molecule has 0 aliphatic heterocycles. The molecule has 0 aliphatic carbocycles. The van der Waals surface area contributed by atoms with Gasteiger partial charge in [-0.1, -0.05) is 0 Å². The van der Waals surface area contributed by atoms with Crippen molar-refractivity contribution in [1.82, 2.24) is 9.78 Å². The molecule has 1 aromatic rings. The van der Waals surface area contributed by atoms with Gasteiger partial charge in [0, 0.05) is 17.9 Å². The predicted octanol–water partition coefficient (Wildman–Crippen LogP) is 1.09. The molecule has 66 valence electrons. The second-order valence-corrected chi connectivity index (χ2v) is 2.93. The van der Waals surface area contributed by atoms with Crippen molar-refractivity contribution in [2.24, 2.45) is 0 Å². The van der Waals surface area contributed by atoms with Gasteiger partial charge >= 0.3 is 5.97 Å². The van der Waals surface area contributed by atoms with E-state index in [1.165, 1.54) is 0 Å². The molecular weight excluding hydrogens is 156 g/mol. The van der Waals surface area contributed by atoms with Crippen molar-refractivity contribution in [3.63, 3.8) is 0 Å². The van der Waals surface area contributed by atoms with Crippen LogP contribution < -0.4 is 0 Å². The molecule has 0 aliphatic rings. The Balaban J connectivity index is 2.84. The van der Waals surface area contributed by atoms with E-state index in [0.29, 0.717) is 0 Å². The van der Waals surface area contributed by atoms with Crippen LogP contribution in [-0.4, -0.2) is 20.9 Å². The molecule has 1 N–H and O–H groups in total. The first kappa shape index (κ1) is 8.77. The molecule has 12 heavy (non-hydrogen) atoms. The van der Waals surface area contributed by atoms with Gasteiger partial charge in [0.1, 0.15) is 0 Å². The SMILES string of the molecule is CC(C)n1nccc1CC(=O)O. The minimum Gasteiger partial charge on any atom is -0.481 e. The summed E-state index contributed by atoms with van der Waals surface area (Å²) in [5.74, 6) is -0.822. The zero-order valence-electron chi connectivity index (χ0n) is 7.19. The number of carboxylic acids is 1. The molecule has 4 nitrogen and oxygen atoms in total. The molecule has 0 saturated heterocycles. The van der Waals surface area contributed by atoms with E-state index in [2.05, 4.69) is 5.10 Å². The molecule has 0 radical (unpaired) electrons. The Morgan fingerprint density at radius 3 is 2.92 bits per heavy atom. The van der Waals surface area contributed by atoms with Gasteiger partial charge in [0.05, 0.1) is 6.42 Å². The fraction of sp³-hybridized carbons (Fsp3) is 0.500. The van der Waals surface area contributed by atoms with E-state index >= 15 is 0 Å². The number of aromatic nitrogens is 2. The Hall–Kier alpha value is -1.32. The molecular formula is C8H12N2O2. The number of aliphatic carboxylic acids is 1. The maximum atomic E-state index is 10.4. The zero-order chi connectivity index (χ0) is 9.14. The summed E-state index contributed by atoms with van der Waals surface area (Å²) in [5.41, 5.74) is 0.748. The van der Waals surface area contributed by atoms with Crippen LogP contribution >= 0.6 is 0 Å². The van der Waals surface area contributed by atoms with E-state index in [4.69, 9.17) is 5.11 Å². The van der Waals surface area contributed by atoms with E-state index in [0.717, 1.165) is 5.69 Å². The van der Waals surface area contributed by atoms with Crippen LogP contribution in [0.5, 0.6) is 0 Å². The maximum Gasteiger partial charge on any atom is 0.309 e. The summed E-state index contributed by atoms with van der Waals surface area (Å²) in [5, 5.41) is 12.6. The molecule has 0 bridgehead atoms. The zero-order valence-corrected chi connectivity index (χ0v) is 7.19. The maximum absolute atomic E-state index is 10.4. The molecule has 4 heteroatoms. The Labute approximate surface area is 70.8 Å². The standard InChI is InChI=1S/C8H12N2O2/c1-6(2)10-7(3-4-9-10)5-8(11)12/h3-4,6H,5H2,1-2H3,(H,11,12). The molecule has 0 fully saturated rings. The van der Waals surface area contributed by atoms with Crippen LogP contribution in [0, 0.1) is 0 Å². The highest BCUT2D eigenvalue weighted by Gasteiger charge is 2.08. The lowest BCUT2D eigenvalue weighted by Crippen LogP contribution is -2.11. The number of carbonyl (C=O) groups is 1. The first-order valence-electron chi connectivity index (χ1n) is 3.85. The average molecular weight is 168 g/mol. The first-order chi connectivity index (χ1) is 5.61. The lowest BCUT2D eigenvalue weighted by Gasteiger charge is -2.08. The van der Waals surface area contributed by atoms with Crippen LogP contribution in [0.25, 0.3) is 0 Å². The summed E-state index contributed by atoms with van der Waals surface area (Å²) < 4.78 is 1.72. The minimum absolute atomic E-state index is 0.0399. The molecule has 1 rings (SSSR count). The average Bonchev–Trinajstić information content (AvgIpc) is 2.33. The molecule has 0 atom stereocenters. The van der Waals surface area contributed by atoms with E-state index in [1.54, 1.807) is 16.9 Å². The lowest BCUT2D eigenvalue weighted by atomic mass is 10.3. The Kier molecular flexibility index (Phi) is 2.47. The predicted molar refractivity (Wildman–Crippen MR) is 44.0 cm³/mol. The second kappa shape index (κ2) is 3.38. The van der Waals surface area contributed by atoms with E-state index in [-0.39, 0.29) is 12.5 Å². The third-order valence-electron chi connectivity index (χ3n) is 1.57. The Morgan fingerprint density at radius 1 is 1.75 bits per heavy atom. The minimum atomic E-state index is -0.822. The highest BCUT2D eigenvalue weighted by atomic mass is 16.4. The van der Waals surface area contributed by atoms with Crippen LogP contribution in [0.1, 0.15) is 25.6 Å². The normalized spacial score (nSPS) is 10.6. The third kappa shape index (κ3) is 1.84. The largest absolute Gasteiger partial charge is 0.481 e. The second-order valence-electron chi connectivity index (χ2n) is 2.93. The van der Waals surface area contributed by atoms with Crippen molar-refractivity contribution in [1.29, 1.82) is 0 Å². The summed E-state index contributed by atoms with van der Waals surface area (Å²) >= 11 is 0. The van der Waals surface area contributed by atoms with Crippen LogP contribution in [0.2, 0.25) is 0 Å². The molecule has 0 unspecified atom stereocenters. The van der Waals surface area contributed by atoms with Gasteiger partial charge in [-0.3, -0.25) is 9.48 Å². The van der Waals surface area contributed by atoms with Gasteiger partial charge in [-0.05, 0) is 19.9 Å². The van der Waals surface area contributed by atoms with Gasteiger partial charge in [-0.15, -0.1) is 0 Å². The number of carboxylic acid groups (broad SMARTS) is 1. The molecule has 0 aromatic carbocycles. The highest BCUT2D eigenvalue weighted by molar-refractivity contribution is 5.69. The lowest BCUT2D eigenvalue weighted by molar-refractivity contribution is -0.136. The molecule has 0 amide bonds. The first-order valence-corrected chi connectivity index (χ1v) is 3.85. The molecule has 1 aromatic heterocycles. The van der Waals surface area contributed by atoms with Gasteiger partial charge in [-0.2, -0.15) is 5.10 Å². The van der Waals surface area contributed by atoms with Crippen LogP contribution in [0.15, 0.2) is 12.3 Å². The van der Waals surface area contributed by atoms with Gasteiger partial charge < -0.3 is 5.11 Å². The monoisotopic (exact) mass is 168 g/mol. The van der Waals surface area contributed by atoms with E-state index < -0.39 is 5.97 Å². The Bertz CT molecular complexity index is 278. The molecule has 0 spiro atoms. The van der Waals surface area contributed by atoms with Gasteiger partial charge in [0.2, 0.25) is 0 Å². The summed E-state index contributed by atoms with van der Waals surface area (Å²) in [6.45, 7) is 3.94. The summed E-state index contributed by atoms with van der Waals surface area (Å²) in [6.07, 6.45) is 1.66. The van der Waals surface area contributed by atoms with Crippen molar-refractivity contribution < 1.29 is 9.90 Å². The van der Waals surface area contributed by atoms with Crippen molar-refractivity contribution in [2.75, 3.05) is 0 Å². The number of rotatable bonds is 3. The molecule has 1 heterocycles. The fourth-order valence-electron chi connectivity index (χ4n) is 1.10. The topological polar surface area (TPSA) is 55.1 Å². The quantitative estimate of drug-likeness (QED) is 0.735. The van der Waals surface area contributed by atoms with Crippen molar-refractivity contribution in [2.45, 2.75) is 26.3 Å². The smallest absolute Gasteiger partial charge is 0.309 e. The summed E-state index contributed by atoms with van der Waals surface area (Å²) in [4.78, 5) is 10.4. The van der Waals surface area contributed by atoms with E-state index in [1.807, 2.05) is 13.8 Å². The highest BCUT2D eigenvalue weighted by Crippen LogP contribution is 2.07. The third-order valence-corrected chi connectivity index (χ3v) is 1.57. The number of hydrogen-bond donors (Lipinski definition) is 1. The fourth-order valence-corrected chi connectivity index (χ4v) is 1.10. The summed E-state index contributed by atoms with van der Waals surface area (Å²) in [7, 11) is 0. The summed E-state index contributed by atoms with van der Waals surface area (Å²) in [6, 6.07) is 1.95. The molecule has 0 saturated carbocycles.